The second-order valence-electron chi connectivity index (χ2n) is 2.73. The minimum absolute atomic E-state index is 0.117. The fourth-order valence-corrected chi connectivity index (χ4v) is 1.01. The maximum atomic E-state index is 12.4. The maximum Gasteiger partial charge on any atom is 0.272 e. The first-order valence-electron chi connectivity index (χ1n) is 3.27. The number of anilines is 1. The van der Waals surface area contributed by atoms with Gasteiger partial charge in [0.25, 0.3) is 5.92 Å². The summed E-state index contributed by atoms with van der Waals surface area (Å²) in [6.45, 7) is 0. The SMILES string of the molecule is Nc1cnn(C2CC2(F)F)c1. The van der Waals surface area contributed by atoms with Crippen LogP contribution in [-0.2, 0) is 0 Å². The molecule has 0 amide bonds. The van der Waals surface area contributed by atoms with Crippen molar-refractivity contribution in [1.29, 1.82) is 0 Å². The van der Waals surface area contributed by atoms with Crippen molar-refractivity contribution in [2.45, 2.75) is 18.4 Å². The number of nitrogen functional groups attached to an aromatic ring is 1. The van der Waals surface area contributed by atoms with Gasteiger partial charge < -0.3 is 5.73 Å². The molecule has 3 nitrogen and oxygen atoms in total. The van der Waals surface area contributed by atoms with Gasteiger partial charge in [-0.2, -0.15) is 5.10 Å². The number of nitrogens with two attached hydrogens (primary N) is 1. The van der Waals surface area contributed by atoms with Gasteiger partial charge >= 0.3 is 0 Å². The summed E-state index contributed by atoms with van der Waals surface area (Å²) < 4.78 is 26.0. The van der Waals surface area contributed by atoms with Gasteiger partial charge in [-0.3, -0.25) is 4.68 Å². The van der Waals surface area contributed by atoms with E-state index in [1.807, 2.05) is 0 Å². The average Bonchev–Trinajstić information content (AvgIpc) is 2.39. The molecule has 1 saturated carbocycles. The average molecular weight is 159 g/mol. The van der Waals surface area contributed by atoms with Gasteiger partial charge in [-0.15, -0.1) is 0 Å². The third-order valence-electron chi connectivity index (χ3n) is 1.73. The molecule has 1 aliphatic carbocycles. The molecule has 0 aromatic carbocycles. The van der Waals surface area contributed by atoms with E-state index in [9.17, 15) is 8.78 Å². The number of aromatic nitrogens is 2. The third kappa shape index (κ3) is 0.961. The molecule has 0 aliphatic heterocycles. The van der Waals surface area contributed by atoms with Gasteiger partial charge in [0.1, 0.15) is 6.04 Å². The van der Waals surface area contributed by atoms with Crippen LogP contribution in [0.3, 0.4) is 0 Å². The lowest BCUT2D eigenvalue weighted by atomic mass is 10.6. The second-order valence-corrected chi connectivity index (χ2v) is 2.73. The van der Waals surface area contributed by atoms with E-state index in [4.69, 9.17) is 5.73 Å². The van der Waals surface area contributed by atoms with Crippen LogP contribution in [0.1, 0.15) is 12.5 Å². The molecule has 1 fully saturated rings. The Hall–Kier alpha value is -1.13. The van der Waals surface area contributed by atoms with Gasteiger partial charge in [-0.1, -0.05) is 0 Å². The zero-order valence-corrected chi connectivity index (χ0v) is 5.67. The highest BCUT2D eigenvalue weighted by molar-refractivity contribution is 5.31. The molecule has 0 radical (unpaired) electrons. The molecule has 5 heteroatoms. The van der Waals surface area contributed by atoms with Crippen molar-refractivity contribution in [3.63, 3.8) is 0 Å². The van der Waals surface area contributed by atoms with Crippen molar-refractivity contribution in [1.82, 2.24) is 9.78 Å². The van der Waals surface area contributed by atoms with Gasteiger partial charge in [0.2, 0.25) is 0 Å². The molecule has 1 aromatic heterocycles. The first-order chi connectivity index (χ1) is 5.09. The predicted octanol–water partition coefficient (Wildman–Crippen LogP) is 1.05. The second kappa shape index (κ2) is 1.72. The fourth-order valence-electron chi connectivity index (χ4n) is 1.01. The number of alkyl halides is 2. The molecular weight excluding hydrogens is 152 g/mol. The molecule has 2 rings (SSSR count). The van der Waals surface area contributed by atoms with Crippen LogP contribution in [0.4, 0.5) is 14.5 Å². The zero-order valence-electron chi connectivity index (χ0n) is 5.67. The molecular formula is C6H7F2N3. The summed E-state index contributed by atoms with van der Waals surface area (Å²) in [5.41, 5.74) is 5.73. The Morgan fingerprint density at radius 2 is 2.36 bits per heavy atom. The Bertz CT molecular complexity index is 281. The fraction of sp³-hybridized carbons (Fsp3) is 0.500. The largest absolute Gasteiger partial charge is 0.396 e. The highest BCUT2D eigenvalue weighted by Crippen LogP contribution is 2.52. The Labute approximate surface area is 61.8 Å². The lowest BCUT2D eigenvalue weighted by Gasteiger charge is -1.95. The van der Waals surface area contributed by atoms with Gasteiger partial charge in [0.15, 0.2) is 0 Å². The van der Waals surface area contributed by atoms with E-state index >= 15 is 0 Å². The van der Waals surface area contributed by atoms with Crippen molar-refractivity contribution in [2.24, 2.45) is 0 Å². The molecule has 2 N–H and O–H groups in total. The molecule has 0 spiro atoms. The lowest BCUT2D eigenvalue weighted by Crippen LogP contribution is -2.02. The number of halogens is 2. The van der Waals surface area contributed by atoms with E-state index in [-0.39, 0.29) is 6.42 Å². The monoisotopic (exact) mass is 159 g/mol. The van der Waals surface area contributed by atoms with Crippen LogP contribution in [0.2, 0.25) is 0 Å². The van der Waals surface area contributed by atoms with E-state index in [2.05, 4.69) is 5.10 Å². The number of rotatable bonds is 1. The summed E-state index contributed by atoms with van der Waals surface area (Å²) in [5.74, 6) is -2.57. The topological polar surface area (TPSA) is 43.8 Å². The maximum absolute atomic E-state index is 12.4. The number of hydrogen-bond acceptors (Lipinski definition) is 2. The summed E-state index contributed by atoms with van der Waals surface area (Å²) >= 11 is 0. The molecule has 1 unspecified atom stereocenters. The van der Waals surface area contributed by atoms with Gasteiger partial charge in [-0.25, -0.2) is 8.78 Å². The van der Waals surface area contributed by atoms with Crippen molar-refractivity contribution in [3.8, 4) is 0 Å². The smallest absolute Gasteiger partial charge is 0.272 e. The summed E-state index contributed by atoms with van der Waals surface area (Å²) in [4.78, 5) is 0. The van der Waals surface area contributed by atoms with Gasteiger partial charge in [0, 0.05) is 12.6 Å². The predicted molar refractivity (Wildman–Crippen MR) is 35.2 cm³/mol. The van der Waals surface area contributed by atoms with E-state index in [0.717, 1.165) is 0 Å². The van der Waals surface area contributed by atoms with Crippen LogP contribution < -0.4 is 5.73 Å². The molecule has 1 aliphatic rings. The quantitative estimate of drug-likeness (QED) is 0.665. The Morgan fingerprint density at radius 3 is 2.73 bits per heavy atom. The van der Waals surface area contributed by atoms with Crippen LogP contribution in [0.15, 0.2) is 12.4 Å². The Balaban J connectivity index is 2.20. The van der Waals surface area contributed by atoms with Crippen molar-refractivity contribution in [2.75, 3.05) is 5.73 Å². The highest BCUT2D eigenvalue weighted by atomic mass is 19.3. The summed E-state index contributed by atoms with van der Waals surface area (Å²) in [5, 5.41) is 3.69. The van der Waals surface area contributed by atoms with Crippen LogP contribution in [0.5, 0.6) is 0 Å². The van der Waals surface area contributed by atoms with Crippen molar-refractivity contribution >= 4 is 5.69 Å². The first kappa shape index (κ1) is 6.57. The highest BCUT2D eigenvalue weighted by Gasteiger charge is 2.59. The van der Waals surface area contributed by atoms with Crippen molar-refractivity contribution in [3.05, 3.63) is 12.4 Å². The third-order valence-corrected chi connectivity index (χ3v) is 1.73. The molecule has 1 aromatic rings. The van der Waals surface area contributed by atoms with E-state index in [0.29, 0.717) is 5.69 Å². The van der Waals surface area contributed by atoms with E-state index in [1.165, 1.54) is 17.1 Å². The number of nitrogens with zero attached hydrogens (tertiary/aromatic N) is 2. The van der Waals surface area contributed by atoms with Crippen LogP contribution in [-0.4, -0.2) is 15.7 Å². The zero-order chi connectivity index (χ0) is 8.06. The molecule has 1 heterocycles. The molecule has 60 valence electrons. The molecule has 1 atom stereocenters. The Morgan fingerprint density at radius 1 is 1.73 bits per heavy atom. The summed E-state index contributed by atoms with van der Waals surface area (Å²) in [6, 6.07) is -0.764. The summed E-state index contributed by atoms with van der Waals surface area (Å²) in [6.07, 6.45) is 2.67. The molecule has 11 heavy (non-hydrogen) atoms. The standard InChI is InChI=1S/C6H7F2N3/c7-6(8)1-5(6)11-3-4(9)2-10-11/h2-3,5H,1,9H2. The minimum Gasteiger partial charge on any atom is -0.396 e. The van der Waals surface area contributed by atoms with Crippen molar-refractivity contribution < 1.29 is 8.78 Å². The molecule has 0 saturated heterocycles. The minimum atomic E-state index is -2.57. The molecule has 0 bridgehead atoms. The lowest BCUT2D eigenvalue weighted by molar-refractivity contribution is 0.0983. The van der Waals surface area contributed by atoms with Crippen LogP contribution in [0, 0.1) is 0 Å². The normalized spacial score (nSPS) is 26.9. The van der Waals surface area contributed by atoms with E-state index < -0.39 is 12.0 Å². The number of hydrogen-bond donors (Lipinski definition) is 1. The van der Waals surface area contributed by atoms with Gasteiger partial charge in [-0.05, 0) is 0 Å². The summed E-state index contributed by atoms with van der Waals surface area (Å²) in [7, 11) is 0. The Kier molecular flexibility index (Phi) is 1.03. The van der Waals surface area contributed by atoms with Crippen LogP contribution >= 0.6 is 0 Å². The van der Waals surface area contributed by atoms with E-state index in [1.54, 1.807) is 0 Å². The van der Waals surface area contributed by atoms with Gasteiger partial charge in [0.05, 0.1) is 11.9 Å². The first-order valence-corrected chi connectivity index (χ1v) is 3.27. The van der Waals surface area contributed by atoms with Crippen LogP contribution in [0.25, 0.3) is 0 Å².